The maximum absolute atomic E-state index is 13.2. The molecule has 5 nitrogen and oxygen atoms in total. The molecule has 4 rings (SSSR count). The molecule has 0 radical (unpaired) electrons. The normalized spacial score (nSPS) is 20.1. The third-order valence-electron chi connectivity index (χ3n) is 5.39. The van der Waals surface area contributed by atoms with E-state index in [1.165, 1.54) is 11.1 Å². The van der Waals surface area contributed by atoms with Crippen LogP contribution in [0.5, 0.6) is 0 Å². The fourth-order valence-corrected chi connectivity index (χ4v) is 3.95. The van der Waals surface area contributed by atoms with Crippen molar-refractivity contribution in [2.75, 3.05) is 39.3 Å². The van der Waals surface area contributed by atoms with Crippen molar-refractivity contribution in [3.63, 3.8) is 0 Å². The fourth-order valence-electron chi connectivity index (χ4n) is 3.95. The lowest BCUT2D eigenvalue weighted by molar-refractivity contribution is -0.0329. The van der Waals surface area contributed by atoms with Crippen molar-refractivity contribution in [3.05, 3.63) is 71.3 Å². The van der Waals surface area contributed by atoms with Gasteiger partial charge in [-0.15, -0.1) is 0 Å². The predicted octanol–water partition coefficient (Wildman–Crippen LogP) is 2.65. The number of nitrogens with zero attached hydrogens (tertiary/aromatic N) is 2. The molecule has 1 atom stereocenters. The van der Waals surface area contributed by atoms with Crippen molar-refractivity contribution in [3.8, 4) is 0 Å². The van der Waals surface area contributed by atoms with Gasteiger partial charge in [-0.1, -0.05) is 42.5 Å². The number of benzene rings is 2. The standard InChI is InChI=1S/C22H27N3O2/c26-22(19-7-2-1-3-8-19)25(24-15-12-23-13-16-24)14-10-21-20-9-5-4-6-18(20)11-17-27-21/h1-9,21,23H,10-17H2. The molecule has 0 bridgehead atoms. The van der Waals surface area contributed by atoms with Gasteiger partial charge in [-0.05, 0) is 36.1 Å². The highest BCUT2D eigenvalue weighted by Gasteiger charge is 2.27. The van der Waals surface area contributed by atoms with Gasteiger partial charge in [0.2, 0.25) is 0 Å². The number of piperazine rings is 1. The monoisotopic (exact) mass is 365 g/mol. The van der Waals surface area contributed by atoms with Crippen LogP contribution in [-0.4, -0.2) is 55.3 Å². The first-order valence-electron chi connectivity index (χ1n) is 9.85. The van der Waals surface area contributed by atoms with Gasteiger partial charge in [0.15, 0.2) is 0 Å². The van der Waals surface area contributed by atoms with Crippen LogP contribution in [0.1, 0.15) is 34.0 Å². The number of hydrogen-bond acceptors (Lipinski definition) is 4. The lowest BCUT2D eigenvalue weighted by Crippen LogP contribution is -2.55. The molecule has 27 heavy (non-hydrogen) atoms. The van der Waals surface area contributed by atoms with Gasteiger partial charge in [0.25, 0.3) is 5.91 Å². The first-order chi connectivity index (χ1) is 13.3. The van der Waals surface area contributed by atoms with Crippen LogP contribution >= 0.6 is 0 Å². The van der Waals surface area contributed by atoms with Crippen LogP contribution in [0.3, 0.4) is 0 Å². The summed E-state index contributed by atoms with van der Waals surface area (Å²) < 4.78 is 6.06. The SMILES string of the molecule is O=C(c1ccccc1)N(CCC1OCCc2ccccc21)N1CCNCC1. The highest BCUT2D eigenvalue weighted by atomic mass is 16.5. The topological polar surface area (TPSA) is 44.8 Å². The minimum absolute atomic E-state index is 0.0592. The van der Waals surface area contributed by atoms with E-state index in [0.29, 0.717) is 6.54 Å². The molecule has 2 aromatic carbocycles. The molecule has 1 amide bonds. The third-order valence-corrected chi connectivity index (χ3v) is 5.39. The van der Waals surface area contributed by atoms with Crippen LogP contribution in [0.2, 0.25) is 0 Å². The van der Waals surface area contributed by atoms with Gasteiger partial charge >= 0.3 is 0 Å². The van der Waals surface area contributed by atoms with E-state index in [1.807, 2.05) is 35.3 Å². The zero-order chi connectivity index (χ0) is 18.5. The van der Waals surface area contributed by atoms with Crippen molar-refractivity contribution in [1.82, 2.24) is 15.3 Å². The number of hydrogen-bond donors (Lipinski definition) is 1. The summed E-state index contributed by atoms with van der Waals surface area (Å²) in [6.07, 6.45) is 1.83. The molecule has 2 aliphatic rings. The Labute approximate surface area is 160 Å². The van der Waals surface area contributed by atoms with E-state index in [1.54, 1.807) is 0 Å². The fraction of sp³-hybridized carbons (Fsp3) is 0.409. The average molecular weight is 365 g/mol. The van der Waals surface area contributed by atoms with E-state index in [2.05, 4.69) is 34.6 Å². The lowest BCUT2D eigenvalue weighted by Gasteiger charge is -2.38. The Morgan fingerprint density at radius 3 is 2.63 bits per heavy atom. The summed E-state index contributed by atoms with van der Waals surface area (Å²) in [7, 11) is 0. The molecule has 2 heterocycles. The number of hydrazine groups is 1. The number of fused-ring (bicyclic) bond motifs is 1. The number of amides is 1. The first-order valence-corrected chi connectivity index (χ1v) is 9.85. The molecule has 1 N–H and O–H groups in total. The van der Waals surface area contributed by atoms with Gasteiger partial charge in [0, 0.05) is 38.3 Å². The highest BCUT2D eigenvalue weighted by Crippen LogP contribution is 2.30. The van der Waals surface area contributed by atoms with E-state index >= 15 is 0 Å². The number of carbonyl (C=O) groups excluding carboxylic acids is 1. The van der Waals surface area contributed by atoms with Crippen molar-refractivity contribution >= 4 is 5.91 Å². The molecule has 0 spiro atoms. The summed E-state index contributed by atoms with van der Waals surface area (Å²) in [5.41, 5.74) is 3.38. The zero-order valence-corrected chi connectivity index (χ0v) is 15.6. The largest absolute Gasteiger partial charge is 0.373 e. The van der Waals surface area contributed by atoms with Crippen LogP contribution in [-0.2, 0) is 11.2 Å². The zero-order valence-electron chi connectivity index (χ0n) is 15.6. The van der Waals surface area contributed by atoms with Gasteiger partial charge in [0.05, 0.1) is 12.7 Å². The van der Waals surface area contributed by atoms with E-state index in [-0.39, 0.29) is 12.0 Å². The van der Waals surface area contributed by atoms with Gasteiger partial charge in [-0.25, -0.2) is 5.01 Å². The Hall–Kier alpha value is -2.21. The van der Waals surface area contributed by atoms with Crippen molar-refractivity contribution in [1.29, 1.82) is 0 Å². The minimum Gasteiger partial charge on any atom is -0.373 e. The minimum atomic E-state index is 0.0592. The maximum atomic E-state index is 13.2. The number of nitrogens with one attached hydrogen (secondary N) is 1. The summed E-state index contributed by atoms with van der Waals surface area (Å²) >= 11 is 0. The molecular weight excluding hydrogens is 338 g/mol. The number of ether oxygens (including phenoxy) is 1. The van der Waals surface area contributed by atoms with Crippen LogP contribution in [0.4, 0.5) is 0 Å². The second kappa shape index (κ2) is 8.65. The summed E-state index contributed by atoms with van der Waals surface area (Å²) in [4.78, 5) is 13.2. The van der Waals surface area contributed by atoms with Gasteiger partial charge in [-0.2, -0.15) is 0 Å². The Morgan fingerprint density at radius 1 is 1.07 bits per heavy atom. The molecule has 1 fully saturated rings. The molecular formula is C22H27N3O2. The Balaban J connectivity index is 1.50. The quantitative estimate of drug-likeness (QED) is 0.885. The van der Waals surface area contributed by atoms with E-state index in [4.69, 9.17) is 4.74 Å². The molecule has 5 heteroatoms. The Bertz CT molecular complexity index is 759. The first kappa shape index (κ1) is 18.2. The predicted molar refractivity (Wildman–Crippen MR) is 105 cm³/mol. The molecule has 1 saturated heterocycles. The molecule has 0 aliphatic carbocycles. The van der Waals surface area contributed by atoms with E-state index in [9.17, 15) is 4.79 Å². The maximum Gasteiger partial charge on any atom is 0.268 e. The average Bonchev–Trinajstić information content (AvgIpc) is 2.75. The second-order valence-corrected chi connectivity index (χ2v) is 7.09. The molecule has 0 aromatic heterocycles. The van der Waals surface area contributed by atoms with Crippen LogP contribution < -0.4 is 5.32 Å². The van der Waals surface area contributed by atoms with Crippen LogP contribution in [0.25, 0.3) is 0 Å². The summed E-state index contributed by atoms with van der Waals surface area (Å²) in [6.45, 7) is 4.92. The third kappa shape index (κ3) is 4.21. The van der Waals surface area contributed by atoms with E-state index in [0.717, 1.165) is 51.2 Å². The summed E-state index contributed by atoms with van der Waals surface area (Å²) in [5, 5.41) is 7.47. The number of rotatable bonds is 5. The van der Waals surface area contributed by atoms with Crippen molar-refractivity contribution < 1.29 is 9.53 Å². The van der Waals surface area contributed by atoms with Crippen molar-refractivity contribution in [2.45, 2.75) is 18.9 Å². The lowest BCUT2D eigenvalue weighted by atomic mass is 9.96. The molecule has 2 aromatic rings. The van der Waals surface area contributed by atoms with Crippen molar-refractivity contribution in [2.24, 2.45) is 0 Å². The summed E-state index contributed by atoms with van der Waals surface area (Å²) in [6, 6.07) is 18.1. The summed E-state index contributed by atoms with van der Waals surface area (Å²) in [5.74, 6) is 0.0709. The molecule has 2 aliphatic heterocycles. The number of carbonyl (C=O) groups is 1. The highest BCUT2D eigenvalue weighted by molar-refractivity contribution is 5.93. The van der Waals surface area contributed by atoms with Crippen LogP contribution in [0, 0.1) is 0 Å². The van der Waals surface area contributed by atoms with Gasteiger partial charge in [0.1, 0.15) is 0 Å². The Kier molecular flexibility index (Phi) is 5.82. The van der Waals surface area contributed by atoms with Crippen LogP contribution in [0.15, 0.2) is 54.6 Å². The van der Waals surface area contributed by atoms with Gasteiger partial charge in [-0.3, -0.25) is 9.80 Å². The second-order valence-electron chi connectivity index (χ2n) is 7.09. The molecule has 0 saturated carbocycles. The smallest absolute Gasteiger partial charge is 0.268 e. The molecule has 1 unspecified atom stereocenters. The molecule has 142 valence electrons. The Morgan fingerprint density at radius 2 is 1.81 bits per heavy atom. The van der Waals surface area contributed by atoms with E-state index < -0.39 is 0 Å². The van der Waals surface area contributed by atoms with Gasteiger partial charge < -0.3 is 10.1 Å².